The molecule has 1 amide bonds. The predicted octanol–water partition coefficient (Wildman–Crippen LogP) is 4.35. The maximum atomic E-state index is 12.6. The van der Waals surface area contributed by atoms with Crippen molar-refractivity contribution < 1.29 is 9.53 Å². The fourth-order valence-electron chi connectivity index (χ4n) is 4.28. The van der Waals surface area contributed by atoms with Crippen LogP contribution in [0.2, 0.25) is 0 Å². The summed E-state index contributed by atoms with van der Waals surface area (Å²) in [5.74, 6) is 2.78. The highest BCUT2D eigenvalue weighted by Gasteiger charge is 2.30. The minimum Gasteiger partial charge on any atom is -0.474 e. The zero-order valence-electron chi connectivity index (χ0n) is 15.6. The van der Waals surface area contributed by atoms with E-state index in [4.69, 9.17) is 4.74 Å². The van der Waals surface area contributed by atoms with E-state index in [-0.39, 0.29) is 17.9 Å². The van der Waals surface area contributed by atoms with Gasteiger partial charge in [-0.25, -0.2) is 4.98 Å². The standard InChI is InChI=1S/C21H32N2O2/c1-15(2)16-6-8-17(9-7-16)21(24)23-18-10-12-19(13-11-18)25-20-5-3-4-14-22-20/h3-5,14-19H,6-13H2,1-2H3,(H,23,24). The Hall–Kier alpha value is -1.58. The van der Waals surface area contributed by atoms with Gasteiger partial charge < -0.3 is 10.1 Å². The minimum absolute atomic E-state index is 0.226. The quantitative estimate of drug-likeness (QED) is 0.864. The Morgan fingerprint density at radius 2 is 1.80 bits per heavy atom. The topological polar surface area (TPSA) is 51.2 Å². The van der Waals surface area contributed by atoms with E-state index in [9.17, 15) is 4.79 Å². The number of hydrogen-bond acceptors (Lipinski definition) is 3. The molecule has 0 aliphatic heterocycles. The Balaban J connectivity index is 1.38. The Bertz CT molecular complexity index is 530. The maximum Gasteiger partial charge on any atom is 0.223 e. The van der Waals surface area contributed by atoms with Crippen molar-refractivity contribution in [1.29, 1.82) is 0 Å². The number of carbonyl (C=O) groups is 1. The van der Waals surface area contributed by atoms with Crippen molar-refractivity contribution >= 4 is 5.91 Å². The van der Waals surface area contributed by atoms with E-state index in [0.29, 0.717) is 11.9 Å². The molecule has 4 heteroatoms. The van der Waals surface area contributed by atoms with Gasteiger partial charge in [-0.1, -0.05) is 19.9 Å². The van der Waals surface area contributed by atoms with Crippen LogP contribution in [0.25, 0.3) is 0 Å². The molecule has 1 aromatic rings. The number of ether oxygens (including phenoxy) is 1. The van der Waals surface area contributed by atoms with Gasteiger partial charge >= 0.3 is 0 Å². The van der Waals surface area contributed by atoms with Gasteiger partial charge in [0.15, 0.2) is 0 Å². The lowest BCUT2D eigenvalue weighted by Gasteiger charge is -2.33. The molecular weight excluding hydrogens is 312 g/mol. The van der Waals surface area contributed by atoms with Crippen LogP contribution in [0.3, 0.4) is 0 Å². The van der Waals surface area contributed by atoms with Crippen LogP contribution < -0.4 is 10.1 Å². The molecule has 2 aliphatic carbocycles. The lowest BCUT2D eigenvalue weighted by molar-refractivity contribution is -0.127. The number of amides is 1. The van der Waals surface area contributed by atoms with Gasteiger partial charge in [-0.15, -0.1) is 0 Å². The Morgan fingerprint density at radius 1 is 1.08 bits per heavy atom. The third-order valence-corrected chi connectivity index (χ3v) is 6.03. The summed E-state index contributed by atoms with van der Waals surface area (Å²) in [5.41, 5.74) is 0. The van der Waals surface area contributed by atoms with Crippen LogP contribution in [-0.4, -0.2) is 23.0 Å². The highest BCUT2D eigenvalue weighted by atomic mass is 16.5. The summed E-state index contributed by atoms with van der Waals surface area (Å²) < 4.78 is 5.94. The highest BCUT2D eigenvalue weighted by molar-refractivity contribution is 5.79. The highest BCUT2D eigenvalue weighted by Crippen LogP contribution is 2.33. The number of rotatable bonds is 5. The molecule has 2 aliphatic rings. The monoisotopic (exact) mass is 344 g/mol. The van der Waals surface area contributed by atoms with E-state index in [1.807, 2.05) is 18.2 Å². The summed E-state index contributed by atoms with van der Waals surface area (Å²) >= 11 is 0. The lowest BCUT2D eigenvalue weighted by atomic mass is 9.76. The van der Waals surface area contributed by atoms with E-state index < -0.39 is 0 Å². The first kappa shape index (κ1) is 18.2. The van der Waals surface area contributed by atoms with Crippen LogP contribution >= 0.6 is 0 Å². The predicted molar refractivity (Wildman–Crippen MR) is 99.3 cm³/mol. The lowest BCUT2D eigenvalue weighted by Crippen LogP contribution is -2.43. The minimum atomic E-state index is 0.226. The molecule has 25 heavy (non-hydrogen) atoms. The number of pyridine rings is 1. The van der Waals surface area contributed by atoms with Gasteiger partial charge in [-0.3, -0.25) is 4.79 Å². The Morgan fingerprint density at radius 3 is 2.40 bits per heavy atom. The zero-order chi connectivity index (χ0) is 17.6. The van der Waals surface area contributed by atoms with Gasteiger partial charge in [0, 0.05) is 24.2 Å². The molecule has 1 N–H and O–H groups in total. The van der Waals surface area contributed by atoms with Crippen molar-refractivity contribution in [1.82, 2.24) is 10.3 Å². The molecule has 0 atom stereocenters. The number of carbonyl (C=O) groups excluding carboxylic acids is 1. The normalized spacial score (nSPS) is 30.0. The number of nitrogens with zero attached hydrogens (tertiary/aromatic N) is 1. The molecule has 0 bridgehead atoms. The molecule has 1 heterocycles. The van der Waals surface area contributed by atoms with Crippen molar-refractivity contribution in [2.24, 2.45) is 17.8 Å². The van der Waals surface area contributed by atoms with Gasteiger partial charge in [-0.2, -0.15) is 0 Å². The summed E-state index contributed by atoms with van der Waals surface area (Å²) in [5, 5.41) is 3.31. The van der Waals surface area contributed by atoms with Gasteiger partial charge in [0.25, 0.3) is 0 Å². The first-order chi connectivity index (χ1) is 12.1. The largest absolute Gasteiger partial charge is 0.474 e. The second-order valence-corrected chi connectivity index (χ2v) is 8.12. The molecule has 3 rings (SSSR count). The van der Waals surface area contributed by atoms with Crippen LogP contribution in [0.15, 0.2) is 24.4 Å². The average molecular weight is 344 g/mol. The number of aromatic nitrogens is 1. The second kappa shape index (κ2) is 8.68. The Kier molecular flexibility index (Phi) is 6.33. The van der Waals surface area contributed by atoms with Crippen LogP contribution in [0, 0.1) is 17.8 Å². The van der Waals surface area contributed by atoms with E-state index in [0.717, 1.165) is 50.4 Å². The van der Waals surface area contributed by atoms with Crippen LogP contribution in [0.4, 0.5) is 0 Å². The Labute approximate surface area is 151 Å². The van der Waals surface area contributed by atoms with Crippen LogP contribution in [-0.2, 0) is 4.79 Å². The first-order valence-electron chi connectivity index (χ1n) is 10.00. The van der Waals surface area contributed by atoms with Gasteiger partial charge in [-0.05, 0) is 69.3 Å². The van der Waals surface area contributed by atoms with Crippen molar-refractivity contribution in [2.45, 2.75) is 77.4 Å². The molecule has 1 aromatic heterocycles. The average Bonchev–Trinajstić information content (AvgIpc) is 2.64. The van der Waals surface area contributed by atoms with E-state index >= 15 is 0 Å². The van der Waals surface area contributed by atoms with Crippen molar-refractivity contribution in [3.63, 3.8) is 0 Å². The molecule has 0 spiro atoms. The first-order valence-corrected chi connectivity index (χ1v) is 10.00. The third kappa shape index (κ3) is 5.20. The molecule has 2 fully saturated rings. The molecular formula is C21H32N2O2. The third-order valence-electron chi connectivity index (χ3n) is 6.03. The fraction of sp³-hybridized carbons (Fsp3) is 0.714. The molecule has 0 radical (unpaired) electrons. The van der Waals surface area contributed by atoms with E-state index in [2.05, 4.69) is 24.1 Å². The molecule has 4 nitrogen and oxygen atoms in total. The summed E-state index contributed by atoms with van der Waals surface area (Å²) in [6.45, 7) is 4.60. The summed E-state index contributed by atoms with van der Waals surface area (Å²) in [4.78, 5) is 16.8. The van der Waals surface area contributed by atoms with Crippen LogP contribution in [0.1, 0.15) is 65.2 Å². The van der Waals surface area contributed by atoms with Crippen molar-refractivity contribution in [2.75, 3.05) is 0 Å². The molecule has 0 aromatic carbocycles. The maximum absolute atomic E-state index is 12.6. The molecule has 0 unspecified atom stereocenters. The van der Waals surface area contributed by atoms with Gasteiger partial charge in [0.1, 0.15) is 6.10 Å². The van der Waals surface area contributed by atoms with Crippen LogP contribution in [0.5, 0.6) is 5.88 Å². The second-order valence-electron chi connectivity index (χ2n) is 8.12. The van der Waals surface area contributed by atoms with Crippen molar-refractivity contribution in [3.05, 3.63) is 24.4 Å². The SMILES string of the molecule is CC(C)C1CCC(C(=O)NC2CCC(Oc3ccccn3)CC2)CC1. The van der Waals surface area contributed by atoms with E-state index in [1.165, 1.54) is 12.8 Å². The van der Waals surface area contributed by atoms with Gasteiger partial charge in [0.2, 0.25) is 11.8 Å². The molecule has 0 saturated heterocycles. The number of nitrogens with one attached hydrogen (secondary N) is 1. The van der Waals surface area contributed by atoms with E-state index in [1.54, 1.807) is 6.20 Å². The molecule has 2 saturated carbocycles. The zero-order valence-corrected chi connectivity index (χ0v) is 15.6. The summed E-state index contributed by atoms with van der Waals surface area (Å²) in [6.07, 6.45) is 10.5. The summed E-state index contributed by atoms with van der Waals surface area (Å²) in [7, 11) is 0. The fourth-order valence-corrected chi connectivity index (χ4v) is 4.28. The summed E-state index contributed by atoms with van der Waals surface area (Å²) in [6, 6.07) is 6.07. The smallest absolute Gasteiger partial charge is 0.223 e. The van der Waals surface area contributed by atoms with Crippen molar-refractivity contribution in [3.8, 4) is 5.88 Å². The number of hydrogen-bond donors (Lipinski definition) is 1. The molecule has 138 valence electrons. The van der Waals surface area contributed by atoms with Gasteiger partial charge in [0.05, 0.1) is 0 Å².